The van der Waals surface area contributed by atoms with Crippen molar-refractivity contribution in [3.05, 3.63) is 70.7 Å². The van der Waals surface area contributed by atoms with Crippen LogP contribution in [0.15, 0.2) is 58.3 Å². The van der Waals surface area contributed by atoms with Crippen LogP contribution in [-0.4, -0.2) is 92.4 Å². The van der Waals surface area contributed by atoms with Gasteiger partial charge in [0, 0.05) is 13.0 Å². The van der Waals surface area contributed by atoms with E-state index in [0.717, 1.165) is 34.2 Å². The number of benzene rings is 2. The smallest absolute Gasteiger partial charge is 0.408 e. The number of hydrogen-bond acceptors (Lipinski definition) is 10. The summed E-state index contributed by atoms with van der Waals surface area (Å²) in [5, 5.41) is 6.95. The first-order valence-electron chi connectivity index (χ1n) is 15.0. The summed E-state index contributed by atoms with van der Waals surface area (Å²) in [6.07, 6.45) is 3.19. The van der Waals surface area contributed by atoms with Gasteiger partial charge >= 0.3 is 5.76 Å². The first-order valence-corrected chi connectivity index (χ1v) is 15.8. The molecule has 14 heteroatoms. The molecule has 4 N–H and O–H groups in total. The van der Waals surface area contributed by atoms with Crippen molar-refractivity contribution < 1.29 is 18.8 Å². The number of para-hydroxylation sites is 1. The van der Waals surface area contributed by atoms with E-state index in [4.69, 9.17) is 10.2 Å². The molecule has 0 bridgehead atoms. The highest BCUT2D eigenvalue weighted by Gasteiger charge is 2.52. The van der Waals surface area contributed by atoms with Crippen molar-refractivity contribution in [2.45, 2.75) is 44.9 Å². The summed E-state index contributed by atoms with van der Waals surface area (Å²) < 4.78 is 6.17. The highest BCUT2D eigenvalue weighted by molar-refractivity contribution is 7.22. The number of carbonyl (C=O) groups is 3. The number of hydrogen-bond donors (Lipinski definition) is 3. The summed E-state index contributed by atoms with van der Waals surface area (Å²) in [4.78, 5) is 63.6. The number of unbranched alkanes of at least 4 members (excludes halogenated alkanes) is 1. The van der Waals surface area contributed by atoms with E-state index in [1.807, 2.05) is 24.3 Å². The van der Waals surface area contributed by atoms with E-state index in [9.17, 15) is 19.2 Å². The molecule has 2 atom stereocenters. The Hall–Kier alpha value is -4.53. The molecule has 6 rings (SSSR count). The molecule has 3 amide bonds. The van der Waals surface area contributed by atoms with Crippen molar-refractivity contribution in [2.75, 3.05) is 38.5 Å². The van der Waals surface area contributed by atoms with Crippen LogP contribution < -0.4 is 16.8 Å². The van der Waals surface area contributed by atoms with Crippen molar-refractivity contribution in [3.63, 3.8) is 0 Å². The van der Waals surface area contributed by atoms with Gasteiger partial charge < -0.3 is 25.3 Å². The number of aromatic amines is 1. The zero-order valence-electron chi connectivity index (χ0n) is 25.0. The number of nitrogen functional groups attached to an aromatic ring is 1. The fourth-order valence-corrected chi connectivity index (χ4v) is 6.93. The normalized spacial score (nSPS) is 18.7. The Balaban J connectivity index is 1.34. The van der Waals surface area contributed by atoms with Crippen LogP contribution in [0.5, 0.6) is 0 Å². The number of thiazole rings is 1. The van der Waals surface area contributed by atoms with Gasteiger partial charge in [0.25, 0.3) is 5.91 Å². The van der Waals surface area contributed by atoms with Crippen molar-refractivity contribution >= 4 is 55.5 Å². The van der Waals surface area contributed by atoms with Crippen LogP contribution in [0.4, 0.5) is 5.13 Å². The maximum atomic E-state index is 14.3. The zero-order valence-corrected chi connectivity index (χ0v) is 25.8. The maximum Gasteiger partial charge on any atom is 0.417 e. The third-order valence-corrected chi connectivity index (χ3v) is 9.09. The molecular formula is C31H36N8O5S. The van der Waals surface area contributed by atoms with Gasteiger partial charge in [0.15, 0.2) is 10.7 Å². The molecule has 0 spiro atoms. The van der Waals surface area contributed by atoms with Gasteiger partial charge in [0.05, 0.1) is 41.9 Å². The van der Waals surface area contributed by atoms with Crippen LogP contribution in [0.25, 0.3) is 21.3 Å². The Morgan fingerprint density at radius 2 is 2.13 bits per heavy atom. The van der Waals surface area contributed by atoms with E-state index < -0.39 is 18.0 Å². The number of H-pyrrole nitrogens is 1. The lowest BCUT2D eigenvalue weighted by Crippen LogP contribution is -2.65. The number of fused-ring (bicyclic) bond motifs is 3. The number of nitrogens with two attached hydrogens (primary N) is 1. The largest absolute Gasteiger partial charge is 0.417 e. The van der Waals surface area contributed by atoms with Crippen LogP contribution in [0.2, 0.25) is 0 Å². The van der Waals surface area contributed by atoms with E-state index in [1.54, 1.807) is 38.0 Å². The second-order valence-electron chi connectivity index (χ2n) is 11.3. The van der Waals surface area contributed by atoms with E-state index in [1.165, 1.54) is 11.3 Å². The number of oxazole rings is 1. The number of hydrazine groups is 1. The number of aromatic nitrogens is 2. The number of rotatable bonds is 12. The fraction of sp³-hybridized carbons (Fsp3) is 0.387. The molecule has 2 aromatic carbocycles. The Bertz CT molecular complexity index is 1810. The molecule has 0 unspecified atom stereocenters. The van der Waals surface area contributed by atoms with Crippen LogP contribution in [0.1, 0.15) is 30.9 Å². The topological polar surface area (TPSA) is 161 Å². The third kappa shape index (κ3) is 6.08. The third-order valence-electron chi connectivity index (χ3n) is 8.24. The highest BCUT2D eigenvalue weighted by Crippen LogP contribution is 2.32. The van der Waals surface area contributed by atoms with Crippen LogP contribution in [0, 0.1) is 0 Å². The summed E-state index contributed by atoms with van der Waals surface area (Å²) in [5.74, 6) is -1.22. The molecule has 0 radical (unpaired) electrons. The number of carbonyl (C=O) groups excluding carboxylic acids is 3. The summed E-state index contributed by atoms with van der Waals surface area (Å²) in [7, 11) is 0. The number of anilines is 1. The van der Waals surface area contributed by atoms with Gasteiger partial charge in [-0.1, -0.05) is 49.0 Å². The molecule has 4 aromatic rings. The van der Waals surface area contributed by atoms with Crippen molar-refractivity contribution in [1.29, 1.82) is 0 Å². The monoisotopic (exact) mass is 632 g/mol. The van der Waals surface area contributed by atoms with Gasteiger partial charge in [-0.25, -0.2) is 9.78 Å². The van der Waals surface area contributed by atoms with Gasteiger partial charge in [-0.2, -0.15) is 5.01 Å². The summed E-state index contributed by atoms with van der Waals surface area (Å²) in [6, 6.07) is 10.2. The molecule has 236 valence electrons. The van der Waals surface area contributed by atoms with Crippen LogP contribution >= 0.6 is 11.3 Å². The van der Waals surface area contributed by atoms with Crippen LogP contribution in [0.3, 0.4) is 0 Å². The molecule has 45 heavy (non-hydrogen) atoms. The number of amides is 3. The molecule has 13 nitrogen and oxygen atoms in total. The SMILES string of the molecule is C=CCN(C(=O)CNCCCC)N1CC(=O)N2[C@@H](Cc3ccc4[nH]c(=O)oc4c3)C(=O)N(Cc3cccc4sc(N)nc34)C[C@@H]21. The zero-order chi connectivity index (χ0) is 31.7. The van der Waals surface area contributed by atoms with Gasteiger partial charge in [-0.3, -0.25) is 24.4 Å². The van der Waals surface area contributed by atoms with Gasteiger partial charge in [0.2, 0.25) is 11.8 Å². The molecule has 2 saturated heterocycles. The predicted octanol–water partition coefficient (Wildman–Crippen LogP) is 2.06. The lowest BCUT2D eigenvalue weighted by molar-refractivity contribution is -0.165. The lowest BCUT2D eigenvalue weighted by Gasteiger charge is -2.46. The molecule has 0 aliphatic carbocycles. The Morgan fingerprint density at radius 1 is 1.29 bits per heavy atom. The fourth-order valence-electron chi connectivity index (χ4n) is 6.15. The molecule has 4 heterocycles. The Labute approximate surface area is 263 Å². The summed E-state index contributed by atoms with van der Waals surface area (Å²) in [5.41, 5.74) is 9.23. The minimum absolute atomic E-state index is 0.0548. The number of nitrogens with zero attached hydrogens (tertiary/aromatic N) is 5. The van der Waals surface area contributed by atoms with E-state index in [2.05, 4.69) is 28.8 Å². The average Bonchev–Trinajstić information content (AvgIpc) is 3.68. The maximum absolute atomic E-state index is 14.3. The summed E-state index contributed by atoms with van der Waals surface area (Å²) >= 11 is 1.38. The average molecular weight is 633 g/mol. The van der Waals surface area contributed by atoms with Gasteiger partial charge in [-0.05, 0) is 42.3 Å². The van der Waals surface area contributed by atoms with Crippen molar-refractivity contribution in [1.82, 2.24) is 35.1 Å². The number of piperazine rings is 1. The molecule has 2 aromatic heterocycles. The summed E-state index contributed by atoms with van der Waals surface area (Å²) in [6.45, 7) is 7.35. The van der Waals surface area contributed by atoms with E-state index >= 15 is 0 Å². The van der Waals surface area contributed by atoms with E-state index in [-0.39, 0.29) is 56.9 Å². The molecular weight excluding hydrogens is 596 g/mol. The molecule has 0 saturated carbocycles. The number of nitrogens with one attached hydrogen (secondary N) is 2. The Morgan fingerprint density at radius 3 is 2.93 bits per heavy atom. The molecule has 2 aliphatic rings. The van der Waals surface area contributed by atoms with E-state index in [0.29, 0.717) is 22.8 Å². The Kier molecular flexibility index (Phi) is 8.70. The predicted molar refractivity (Wildman–Crippen MR) is 171 cm³/mol. The van der Waals surface area contributed by atoms with Crippen molar-refractivity contribution in [3.8, 4) is 0 Å². The second kappa shape index (κ2) is 12.8. The quantitative estimate of drug-likeness (QED) is 0.157. The highest BCUT2D eigenvalue weighted by atomic mass is 32.1. The molecule has 2 aliphatic heterocycles. The minimum atomic E-state index is -0.854. The molecule has 2 fully saturated rings. The van der Waals surface area contributed by atoms with Crippen molar-refractivity contribution in [2.24, 2.45) is 0 Å². The first-order chi connectivity index (χ1) is 21.8. The van der Waals surface area contributed by atoms with Gasteiger partial charge in [-0.15, -0.1) is 6.58 Å². The second-order valence-corrected chi connectivity index (χ2v) is 12.3. The minimum Gasteiger partial charge on any atom is -0.408 e. The van der Waals surface area contributed by atoms with Crippen LogP contribution in [-0.2, 0) is 27.3 Å². The standard InChI is InChI=1S/C31H36N8O5S/c1-3-5-11-33-15-26(40)37(12-4-2)38-18-27(41)39-22(13-19-9-10-21-23(14-19)44-31(43)34-21)29(42)36(17-25(38)39)16-20-7-6-8-24-28(20)35-30(32)45-24/h4,6-10,14,22,25,33H,2-3,5,11-13,15-18H2,1H3,(H2,32,35)(H,34,43)/t22-,25+/m0/s1. The van der Waals surface area contributed by atoms with Gasteiger partial charge in [0.1, 0.15) is 12.2 Å². The first kappa shape index (κ1) is 30.5. The lowest BCUT2D eigenvalue weighted by atomic mass is 9.99.